The molecule has 0 fully saturated rings. The lowest BCUT2D eigenvalue weighted by Gasteiger charge is -2.41. The lowest BCUT2D eigenvalue weighted by atomic mass is 9.91. The molecule has 0 atom stereocenters. The third kappa shape index (κ3) is 4.33. The summed E-state index contributed by atoms with van der Waals surface area (Å²) in [6, 6.07) is -4.40. The molecule has 1 nitrogen and oxygen atoms in total. The second-order valence-electron chi connectivity index (χ2n) is 6.53. The van der Waals surface area contributed by atoms with Gasteiger partial charge in [-0.05, 0) is 0 Å². The quantitative estimate of drug-likeness (QED) is 0.124. The third-order valence-corrected chi connectivity index (χ3v) is 4.14. The van der Waals surface area contributed by atoms with Gasteiger partial charge in [-0.3, -0.25) is 0 Å². The first-order valence-corrected chi connectivity index (χ1v) is 8.07. The van der Waals surface area contributed by atoms with Crippen LogP contribution >= 0.6 is 0 Å². The van der Waals surface area contributed by atoms with E-state index in [0.29, 0.717) is 0 Å². The van der Waals surface area contributed by atoms with Gasteiger partial charge in [0, 0.05) is 0 Å². The van der Waals surface area contributed by atoms with E-state index in [9.17, 15) is 96.6 Å². The fourth-order valence-electron chi connectivity index (χ4n) is 2.04. The topological polar surface area (TPSA) is 9.23 Å². The molecule has 0 bridgehead atoms. The fourth-order valence-corrected chi connectivity index (χ4v) is 2.04. The standard InChI is InChI=1S/C15F22O/c16-1-2(17)4(19)6(5(20)3(1)18)38-8(22)7(21)9(23,24)10(25,26)11(27,28)12(29,30)13(31,32)14(33,34)15(35,36)37. The lowest BCUT2D eigenvalue weighted by molar-refractivity contribution is -0.451. The molecule has 0 aliphatic carbocycles. The summed E-state index contributed by atoms with van der Waals surface area (Å²) in [6.07, 6.45) is -7.94. The molecule has 0 spiro atoms. The van der Waals surface area contributed by atoms with Crippen molar-refractivity contribution in [1.29, 1.82) is 0 Å². The van der Waals surface area contributed by atoms with Crippen LogP contribution in [-0.2, 0) is 0 Å². The second-order valence-corrected chi connectivity index (χ2v) is 6.53. The minimum absolute atomic E-state index is 2.68. The highest BCUT2D eigenvalue weighted by Crippen LogP contribution is 2.63. The van der Waals surface area contributed by atoms with E-state index in [4.69, 9.17) is 0 Å². The van der Waals surface area contributed by atoms with E-state index in [2.05, 4.69) is 4.74 Å². The van der Waals surface area contributed by atoms with Gasteiger partial charge < -0.3 is 4.74 Å². The Labute approximate surface area is 191 Å². The number of hydrogen-bond acceptors (Lipinski definition) is 1. The zero-order valence-electron chi connectivity index (χ0n) is 16.2. The van der Waals surface area contributed by atoms with E-state index in [-0.39, 0.29) is 0 Å². The molecule has 23 heteroatoms. The Bertz CT molecular complexity index is 1080. The molecule has 1 rings (SSSR count). The summed E-state index contributed by atoms with van der Waals surface area (Å²) >= 11 is 0. The zero-order valence-corrected chi connectivity index (χ0v) is 16.2. The minimum Gasteiger partial charge on any atom is -0.423 e. The van der Waals surface area contributed by atoms with Crippen molar-refractivity contribution in [2.45, 2.75) is 41.7 Å². The number of allylic oxidation sites excluding steroid dienone is 1. The van der Waals surface area contributed by atoms with Gasteiger partial charge in [0.1, 0.15) is 0 Å². The first-order chi connectivity index (χ1) is 16.5. The normalized spacial score (nSPS) is 15.5. The first-order valence-electron chi connectivity index (χ1n) is 8.07. The van der Waals surface area contributed by atoms with E-state index in [1.165, 1.54) is 0 Å². The number of benzene rings is 1. The van der Waals surface area contributed by atoms with Gasteiger partial charge in [0.25, 0.3) is 0 Å². The maximum Gasteiger partial charge on any atom is 0.460 e. The fraction of sp³-hybridized carbons (Fsp3) is 0.467. The van der Waals surface area contributed by atoms with Crippen LogP contribution in [0.3, 0.4) is 0 Å². The monoisotopic (exact) mass is 614 g/mol. The Hall–Kier alpha value is -2.78. The van der Waals surface area contributed by atoms with Crippen molar-refractivity contribution < 1.29 is 101 Å². The minimum atomic E-state index is -8.88. The van der Waals surface area contributed by atoms with Crippen LogP contribution in [0.2, 0.25) is 0 Å². The van der Waals surface area contributed by atoms with Gasteiger partial charge in [-0.2, -0.15) is 83.4 Å². The van der Waals surface area contributed by atoms with Crippen LogP contribution in [-0.4, -0.2) is 41.7 Å². The van der Waals surface area contributed by atoms with Gasteiger partial charge in [0.15, 0.2) is 0 Å². The number of halogens is 22. The lowest BCUT2D eigenvalue weighted by Crippen LogP contribution is -2.72. The van der Waals surface area contributed by atoms with Crippen molar-refractivity contribution in [3.8, 4) is 5.75 Å². The molecular weight excluding hydrogens is 614 g/mol. The van der Waals surface area contributed by atoms with Crippen LogP contribution in [0.4, 0.5) is 96.6 Å². The summed E-state index contributed by atoms with van der Waals surface area (Å²) < 4.78 is 290. The number of alkyl halides is 15. The summed E-state index contributed by atoms with van der Waals surface area (Å²) in [5.74, 6) is -75.9. The SMILES string of the molecule is FC(Oc1c(F)c(F)c(F)c(F)c1F)=C(F)C(F)(F)C(F)(F)C(F)(F)C(F)(F)C(F)(F)C(F)(F)C(F)(F)F. The van der Waals surface area contributed by atoms with E-state index >= 15 is 0 Å². The molecular formula is C15F22O. The zero-order chi connectivity index (χ0) is 30.8. The summed E-state index contributed by atoms with van der Waals surface area (Å²) in [4.78, 5) is 0. The van der Waals surface area contributed by atoms with Crippen molar-refractivity contribution in [2.24, 2.45) is 0 Å². The second kappa shape index (κ2) is 9.16. The van der Waals surface area contributed by atoms with Crippen molar-refractivity contribution in [3.63, 3.8) is 0 Å². The molecule has 0 saturated heterocycles. The summed E-state index contributed by atoms with van der Waals surface area (Å²) in [6.45, 7) is 0. The maximum absolute atomic E-state index is 13.6. The van der Waals surface area contributed by atoms with E-state index in [0.717, 1.165) is 0 Å². The predicted molar refractivity (Wildman–Crippen MR) is 71.8 cm³/mol. The summed E-state index contributed by atoms with van der Waals surface area (Å²) in [7, 11) is 0. The van der Waals surface area contributed by atoms with Crippen LogP contribution < -0.4 is 4.74 Å². The van der Waals surface area contributed by atoms with Crippen molar-refractivity contribution in [3.05, 3.63) is 40.9 Å². The molecule has 0 aromatic heterocycles. The molecule has 0 aliphatic rings. The van der Waals surface area contributed by atoms with E-state index in [1.54, 1.807) is 0 Å². The highest BCUT2D eigenvalue weighted by Gasteiger charge is 2.93. The van der Waals surface area contributed by atoms with Crippen LogP contribution in [0.1, 0.15) is 0 Å². The molecule has 0 aliphatic heterocycles. The van der Waals surface area contributed by atoms with Gasteiger partial charge in [-0.1, -0.05) is 0 Å². The molecule has 0 heterocycles. The van der Waals surface area contributed by atoms with Gasteiger partial charge in [-0.15, -0.1) is 0 Å². The number of rotatable bonds is 8. The van der Waals surface area contributed by atoms with E-state index in [1.807, 2.05) is 0 Å². The molecule has 0 N–H and O–H groups in total. The molecule has 1 aromatic rings. The van der Waals surface area contributed by atoms with Gasteiger partial charge >= 0.3 is 47.7 Å². The molecule has 0 amide bonds. The molecule has 38 heavy (non-hydrogen) atoms. The number of hydrogen-bond donors (Lipinski definition) is 0. The van der Waals surface area contributed by atoms with Gasteiger partial charge in [0.2, 0.25) is 40.7 Å². The average Bonchev–Trinajstić information content (AvgIpc) is 2.76. The van der Waals surface area contributed by atoms with Crippen LogP contribution in [0.15, 0.2) is 11.8 Å². The van der Waals surface area contributed by atoms with Crippen molar-refractivity contribution >= 4 is 0 Å². The maximum atomic E-state index is 13.6. The highest BCUT2D eigenvalue weighted by molar-refractivity contribution is 5.32. The first kappa shape index (κ1) is 33.2. The molecule has 1 aromatic carbocycles. The van der Waals surface area contributed by atoms with Crippen LogP contribution in [0.5, 0.6) is 5.75 Å². The predicted octanol–water partition coefficient (Wildman–Crippen LogP) is 8.24. The molecule has 0 saturated carbocycles. The largest absolute Gasteiger partial charge is 0.460 e. The van der Waals surface area contributed by atoms with Crippen molar-refractivity contribution in [1.82, 2.24) is 0 Å². The van der Waals surface area contributed by atoms with Crippen molar-refractivity contribution in [2.75, 3.05) is 0 Å². The Morgan fingerprint density at radius 3 is 1.05 bits per heavy atom. The van der Waals surface area contributed by atoms with Gasteiger partial charge in [-0.25, -0.2) is 13.2 Å². The molecule has 220 valence electrons. The summed E-state index contributed by atoms with van der Waals surface area (Å²) in [5.41, 5.74) is 0. The Kier molecular flexibility index (Phi) is 8.01. The number of ether oxygens (including phenoxy) is 1. The van der Waals surface area contributed by atoms with E-state index < -0.39 is 88.4 Å². The Balaban J connectivity index is 3.74. The average molecular weight is 614 g/mol. The van der Waals surface area contributed by atoms with Crippen LogP contribution in [0.25, 0.3) is 0 Å². The third-order valence-electron chi connectivity index (χ3n) is 4.14. The highest BCUT2D eigenvalue weighted by atomic mass is 19.4. The van der Waals surface area contributed by atoms with Gasteiger partial charge in [0.05, 0.1) is 0 Å². The summed E-state index contributed by atoms with van der Waals surface area (Å²) in [5, 5.41) is 0. The molecule has 0 radical (unpaired) electrons. The van der Waals surface area contributed by atoms with Crippen LogP contribution in [0, 0.1) is 29.1 Å². The molecule has 0 unspecified atom stereocenters. The smallest absolute Gasteiger partial charge is 0.423 e. The Morgan fingerprint density at radius 2 is 0.711 bits per heavy atom. The Morgan fingerprint density at radius 1 is 0.421 bits per heavy atom.